The van der Waals surface area contributed by atoms with Crippen LogP contribution in [0.4, 0.5) is 4.79 Å². The number of likely N-dealkylation sites (tertiary alicyclic amines) is 1. The highest BCUT2D eigenvalue weighted by Gasteiger charge is 2.29. The second-order valence-electron chi connectivity index (χ2n) is 6.69. The smallest absolute Gasteiger partial charge is 0.410 e. The molecule has 0 N–H and O–H groups in total. The van der Waals surface area contributed by atoms with Crippen LogP contribution in [0, 0.1) is 5.92 Å². The highest BCUT2D eigenvalue weighted by molar-refractivity contribution is 6.18. The van der Waals surface area contributed by atoms with Crippen molar-refractivity contribution in [1.82, 2.24) is 4.90 Å². The number of ether oxygens (including phenoxy) is 1. The molecule has 0 bridgehead atoms. The Kier molecular flexibility index (Phi) is 5.13. The van der Waals surface area contributed by atoms with Gasteiger partial charge in [-0.05, 0) is 57.9 Å². The highest BCUT2D eigenvalue weighted by atomic mass is 16.6. The van der Waals surface area contributed by atoms with Gasteiger partial charge in [-0.15, -0.1) is 0 Å². The van der Waals surface area contributed by atoms with Gasteiger partial charge in [0.15, 0.2) is 5.78 Å². The predicted octanol–water partition coefficient (Wildman–Crippen LogP) is 2.30. The highest BCUT2D eigenvalue weighted by Crippen LogP contribution is 2.21. The summed E-state index contributed by atoms with van der Waals surface area (Å²) in [7, 11) is 0. The summed E-state index contributed by atoms with van der Waals surface area (Å²) in [6, 6.07) is 0. The Morgan fingerprint density at radius 2 is 1.70 bits per heavy atom. The SMILES string of the molecule is CC(C)(C)OC(=O)N1CCC(C(=O)N=C2C=CC(=O)C=C2)CC1. The quantitative estimate of drug-likeness (QED) is 0.695. The monoisotopic (exact) mass is 318 g/mol. The van der Waals surface area contributed by atoms with E-state index in [0.29, 0.717) is 31.6 Å². The molecule has 124 valence electrons. The van der Waals surface area contributed by atoms with E-state index in [0.717, 1.165) is 0 Å². The van der Waals surface area contributed by atoms with Crippen LogP contribution in [0.1, 0.15) is 33.6 Å². The van der Waals surface area contributed by atoms with Gasteiger partial charge in [0.25, 0.3) is 0 Å². The zero-order valence-corrected chi connectivity index (χ0v) is 13.7. The molecule has 2 aliphatic rings. The number of piperidine rings is 1. The van der Waals surface area contributed by atoms with Gasteiger partial charge in [-0.1, -0.05) is 0 Å². The van der Waals surface area contributed by atoms with Crippen LogP contribution in [0.2, 0.25) is 0 Å². The molecule has 6 nitrogen and oxygen atoms in total. The standard InChI is InChI=1S/C17H22N2O4/c1-17(2,3)23-16(22)19-10-8-12(9-11-19)15(21)18-13-4-6-14(20)7-5-13/h4-7,12H,8-11H2,1-3H3. The maximum atomic E-state index is 12.2. The number of amides is 2. The Hall–Kier alpha value is -2.24. The van der Waals surface area contributed by atoms with Gasteiger partial charge in [-0.2, -0.15) is 0 Å². The van der Waals surface area contributed by atoms with Crippen molar-refractivity contribution in [3.63, 3.8) is 0 Å². The van der Waals surface area contributed by atoms with Crippen molar-refractivity contribution in [1.29, 1.82) is 0 Å². The van der Waals surface area contributed by atoms with E-state index < -0.39 is 5.60 Å². The van der Waals surface area contributed by atoms with Gasteiger partial charge in [0, 0.05) is 19.0 Å². The van der Waals surface area contributed by atoms with E-state index in [1.54, 1.807) is 4.90 Å². The number of carbonyl (C=O) groups is 3. The fourth-order valence-corrected chi connectivity index (χ4v) is 2.37. The third-order valence-corrected chi connectivity index (χ3v) is 3.57. The Labute approximate surface area is 135 Å². The van der Waals surface area contributed by atoms with Crippen LogP contribution in [-0.2, 0) is 14.3 Å². The van der Waals surface area contributed by atoms with Crippen LogP contribution in [0.3, 0.4) is 0 Å². The molecule has 1 heterocycles. The minimum Gasteiger partial charge on any atom is -0.444 e. The molecular weight excluding hydrogens is 296 g/mol. The van der Waals surface area contributed by atoms with Gasteiger partial charge in [-0.3, -0.25) is 9.59 Å². The number of allylic oxidation sites excluding steroid dienone is 4. The lowest BCUT2D eigenvalue weighted by atomic mass is 9.96. The maximum Gasteiger partial charge on any atom is 0.410 e. The van der Waals surface area contributed by atoms with E-state index in [-0.39, 0.29) is 23.7 Å². The van der Waals surface area contributed by atoms with Gasteiger partial charge in [0.2, 0.25) is 5.91 Å². The molecule has 0 atom stereocenters. The van der Waals surface area contributed by atoms with Crippen molar-refractivity contribution in [3.05, 3.63) is 24.3 Å². The summed E-state index contributed by atoms with van der Waals surface area (Å²) in [5, 5.41) is 0. The molecule has 0 aromatic carbocycles. The molecular formula is C17H22N2O4. The first-order chi connectivity index (χ1) is 10.7. The number of carbonyl (C=O) groups excluding carboxylic acids is 3. The van der Waals surface area contributed by atoms with Crippen LogP contribution < -0.4 is 0 Å². The van der Waals surface area contributed by atoms with Crippen LogP contribution in [0.5, 0.6) is 0 Å². The van der Waals surface area contributed by atoms with Crippen molar-refractivity contribution >= 4 is 23.5 Å². The predicted molar refractivity (Wildman–Crippen MR) is 86.3 cm³/mol. The molecule has 2 rings (SSSR count). The van der Waals surface area contributed by atoms with Crippen LogP contribution >= 0.6 is 0 Å². The van der Waals surface area contributed by atoms with E-state index in [1.807, 2.05) is 20.8 Å². The summed E-state index contributed by atoms with van der Waals surface area (Å²) in [5.74, 6) is -0.504. The lowest BCUT2D eigenvalue weighted by molar-refractivity contribution is -0.123. The molecule has 0 aromatic heterocycles. The average molecular weight is 318 g/mol. The first kappa shape index (κ1) is 17.1. The zero-order chi connectivity index (χ0) is 17.0. The van der Waals surface area contributed by atoms with Crippen molar-refractivity contribution in [2.24, 2.45) is 10.9 Å². The number of nitrogens with zero attached hydrogens (tertiary/aromatic N) is 2. The molecule has 2 amide bonds. The lowest BCUT2D eigenvalue weighted by Crippen LogP contribution is -2.42. The van der Waals surface area contributed by atoms with Crippen molar-refractivity contribution < 1.29 is 19.1 Å². The van der Waals surface area contributed by atoms with Gasteiger partial charge in [0.05, 0.1) is 5.71 Å². The van der Waals surface area contributed by atoms with Crippen LogP contribution in [0.15, 0.2) is 29.3 Å². The molecule has 1 aliphatic carbocycles. The van der Waals surface area contributed by atoms with E-state index in [1.165, 1.54) is 24.3 Å². The maximum absolute atomic E-state index is 12.2. The topological polar surface area (TPSA) is 76.0 Å². The number of hydrogen-bond donors (Lipinski definition) is 0. The van der Waals surface area contributed by atoms with Crippen molar-refractivity contribution in [3.8, 4) is 0 Å². The average Bonchev–Trinajstić information content (AvgIpc) is 2.48. The third-order valence-electron chi connectivity index (χ3n) is 3.57. The minimum absolute atomic E-state index is 0.109. The Bertz CT molecular complexity index is 570. The molecule has 23 heavy (non-hydrogen) atoms. The molecule has 0 spiro atoms. The number of aliphatic imine (C=N–C) groups is 1. The van der Waals surface area contributed by atoms with E-state index in [4.69, 9.17) is 4.74 Å². The normalized spacial score (nSPS) is 19.0. The Morgan fingerprint density at radius 1 is 1.13 bits per heavy atom. The van der Waals surface area contributed by atoms with Gasteiger partial charge in [-0.25, -0.2) is 9.79 Å². The zero-order valence-electron chi connectivity index (χ0n) is 13.7. The van der Waals surface area contributed by atoms with E-state index >= 15 is 0 Å². The van der Waals surface area contributed by atoms with Crippen molar-refractivity contribution in [2.75, 3.05) is 13.1 Å². The summed E-state index contributed by atoms with van der Waals surface area (Å²) in [6.07, 6.45) is 6.65. The van der Waals surface area contributed by atoms with Gasteiger partial charge in [0.1, 0.15) is 5.60 Å². The number of ketones is 1. The fraction of sp³-hybridized carbons (Fsp3) is 0.529. The summed E-state index contributed by atoms with van der Waals surface area (Å²) in [4.78, 5) is 40.9. The summed E-state index contributed by atoms with van der Waals surface area (Å²) < 4.78 is 5.33. The third kappa shape index (κ3) is 5.16. The van der Waals surface area contributed by atoms with Gasteiger partial charge < -0.3 is 9.64 Å². The first-order valence-corrected chi connectivity index (χ1v) is 7.75. The fourth-order valence-electron chi connectivity index (χ4n) is 2.37. The molecule has 1 fully saturated rings. The second-order valence-corrected chi connectivity index (χ2v) is 6.69. The minimum atomic E-state index is -0.521. The van der Waals surface area contributed by atoms with E-state index in [9.17, 15) is 14.4 Å². The largest absolute Gasteiger partial charge is 0.444 e. The first-order valence-electron chi connectivity index (χ1n) is 7.75. The second kappa shape index (κ2) is 6.89. The molecule has 6 heteroatoms. The molecule has 0 unspecified atom stereocenters. The summed E-state index contributed by atoms with van der Waals surface area (Å²) in [5.41, 5.74) is -0.0310. The van der Waals surface area contributed by atoms with Crippen molar-refractivity contribution in [2.45, 2.75) is 39.2 Å². The molecule has 0 aromatic rings. The number of hydrogen-bond acceptors (Lipinski definition) is 4. The Morgan fingerprint density at radius 3 is 2.22 bits per heavy atom. The van der Waals surface area contributed by atoms with Crippen LogP contribution in [0.25, 0.3) is 0 Å². The molecule has 0 radical (unpaired) electrons. The number of rotatable bonds is 1. The van der Waals surface area contributed by atoms with Crippen LogP contribution in [-0.4, -0.2) is 47.1 Å². The van der Waals surface area contributed by atoms with E-state index in [2.05, 4.69) is 4.99 Å². The molecule has 1 saturated heterocycles. The summed E-state index contributed by atoms with van der Waals surface area (Å²) in [6.45, 7) is 6.45. The molecule has 1 aliphatic heterocycles. The summed E-state index contributed by atoms with van der Waals surface area (Å²) >= 11 is 0. The van der Waals surface area contributed by atoms with Gasteiger partial charge >= 0.3 is 6.09 Å². The Balaban J connectivity index is 1.87. The lowest BCUT2D eigenvalue weighted by Gasteiger charge is -2.32. The molecule has 0 saturated carbocycles.